The first-order chi connectivity index (χ1) is 10.9. The highest BCUT2D eigenvalue weighted by atomic mass is 16.2. The number of rotatable bonds is 7. The third-order valence-corrected chi connectivity index (χ3v) is 3.39. The molecule has 6 heteroatoms. The van der Waals surface area contributed by atoms with Crippen LogP contribution in [0, 0.1) is 0 Å². The van der Waals surface area contributed by atoms with Crippen molar-refractivity contribution in [3.8, 4) is 0 Å². The summed E-state index contributed by atoms with van der Waals surface area (Å²) in [7, 11) is 3.38. The van der Waals surface area contributed by atoms with Crippen LogP contribution in [0.5, 0.6) is 0 Å². The number of aliphatic imine (C=N–C) groups is 1. The van der Waals surface area contributed by atoms with Gasteiger partial charge in [-0.05, 0) is 31.9 Å². The largest absolute Gasteiger partial charge is 0.344 e. The SMILES string of the molecule is CCCN(CC)C(=O)c1ccc(N=C(CC)C(=O)N(C)C)nc1. The standard InChI is InChI=1S/C17H26N4O2/c1-6-11-21(8-3)16(22)13-9-10-15(18-12-13)19-14(7-2)17(23)20(4)5/h9-10,12H,6-8,11H2,1-5H3. The molecule has 0 spiro atoms. The number of hydrogen-bond donors (Lipinski definition) is 0. The van der Waals surface area contributed by atoms with Crippen LogP contribution in [0.15, 0.2) is 23.3 Å². The van der Waals surface area contributed by atoms with E-state index in [4.69, 9.17) is 0 Å². The summed E-state index contributed by atoms with van der Waals surface area (Å²) in [5.74, 6) is 0.277. The maximum atomic E-state index is 12.3. The van der Waals surface area contributed by atoms with Crippen molar-refractivity contribution in [2.45, 2.75) is 33.6 Å². The number of carbonyl (C=O) groups is 2. The predicted molar refractivity (Wildman–Crippen MR) is 92.2 cm³/mol. The highest BCUT2D eigenvalue weighted by molar-refractivity contribution is 6.39. The molecule has 0 bridgehead atoms. The second-order valence-corrected chi connectivity index (χ2v) is 5.40. The van der Waals surface area contributed by atoms with Gasteiger partial charge in [-0.3, -0.25) is 9.59 Å². The highest BCUT2D eigenvalue weighted by Gasteiger charge is 2.15. The molecular weight excluding hydrogens is 292 g/mol. The predicted octanol–water partition coefficient (Wildman–Crippen LogP) is 2.52. The molecule has 0 aliphatic heterocycles. The Labute approximate surface area is 138 Å². The van der Waals surface area contributed by atoms with Gasteiger partial charge in [0.05, 0.1) is 5.56 Å². The Morgan fingerprint density at radius 3 is 2.30 bits per heavy atom. The van der Waals surface area contributed by atoms with Crippen LogP contribution in [0.3, 0.4) is 0 Å². The quantitative estimate of drug-likeness (QED) is 0.726. The number of nitrogens with zero attached hydrogens (tertiary/aromatic N) is 4. The van der Waals surface area contributed by atoms with Crippen LogP contribution in [-0.4, -0.2) is 59.5 Å². The molecule has 23 heavy (non-hydrogen) atoms. The van der Waals surface area contributed by atoms with E-state index in [0.717, 1.165) is 13.0 Å². The minimum Gasteiger partial charge on any atom is -0.344 e. The van der Waals surface area contributed by atoms with Gasteiger partial charge in [0.2, 0.25) is 0 Å². The van der Waals surface area contributed by atoms with Crippen LogP contribution >= 0.6 is 0 Å². The fraction of sp³-hybridized carbons (Fsp3) is 0.529. The molecule has 0 saturated carbocycles. The molecule has 2 amide bonds. The highest BCUT2D eigenvalue weighted by Crippen LogP contribution is 2.12. The minimum absolute atomic E-state index is 0.0301. The van der Waals surface area contributed by atoms with E-state index in [1.54, 1.807) is 31.1 Å². The average molecular weight is 318 g/mol. The van der Waals surface area contributed by atoms with Crippen LogP contribution < -0.4 is 0 Å². The van der Waals surface area contributed by atoms with Gasteiger partial charge in [0, 0.05) is 33.4 Å². The molecule has 1 aromatic rings. The zero-order chi connectivity index (χ0) is 17.4. The van der Waals surface area contributed by atoms with E-state index < -0.39 is 0 Å². The number of pyridine rings is 1. The Morgan fingerprint density at radius 2 is 1.87 bits per heavy atom. The normalized spacial score (nSPS) is 11.3. The van der Waals surface area contributed by atoms with Crippen molar-refractivity contribution >= 4 is 23.3 Å². The third-order valence-electron chi connectivity index (χ3n) is 3.39. The molecule has 1 rings (SSSR count). The monoisotopic (exact) mass is 318 g/mol. The van der Waals surface area contributed by atoms with Crippen molar-refractivity contribution in [1.82, 2.24) is 14.8 Å². The molecule has 0 aliphatic rings. The third kappa shape index (κ3) is 5.16. The molecule has 0 unspecified atom stereocenters. The van der Waals surface area contributed by atoms with Crippen LogP contribution in [0.25, 0.3) is 0 Å². The first-order valence-corrected chi connectivity index (χ1v) is 7.99. The fourth-order valence-electron chi connectivity index (χ4n) is 2.11. The van der Waals surface area contributed by atoms with Gasteiger partial charge in [-0.1, -0.05) is 13.8 Å². The molecule has 1 aromatic heterocycles. The molecule has 0 aromatic carbocycles. The summed E-state index contributed by atoms with van der Waals surface area (Å²) in [5.41, 5.74) is 0.985. The second kappa shape index (κ2) is 9.02. The number of carbonyl (C=O) groups excluding carboxylic acids is 2. The van der Waals surface area contributed by atoms with Gasteiger partial charge in [0.25, 0.3) is 11.8 Å². The van der Waals surface area contributed by atoms with Crippen molar-refractivity contribution in [2.75, 3.05) is 27.2 Å². The maximum Gasteiger partial charge on any atom is 0.267 e. The first kappa shape index (κ1) is 18.8. The van der Waals surface area contributed by atoms with Crippen molar-refractivity contribution in [2.24, 2.45) is 4.99 Å². The summed E-state index contributed by atoms with van der Waals surface area (Å²) in [6.45, 7) is 7.28. The minimum atomic E-state index is -0.130. The maximum absolute atomic E-state index is 12.3. The molecule has 126 valence electrons. The Morgan fingerprint density at radius 1 is 1.17 bits per heavy atom. The number of hydrogen-bond acceptors (Lipinski definition) is 4. The van der Waals surface area contributed by atoms with E-state index in [0.29, 0.717) is 30.1 Å². The van der Waals surface area contributed by atoms with Gasteiger partial charge >= 0.3 is 0 Å². The van der Waals surface area contributed by atoms with E-state index in [9.17, 15) is 9.59 Å². The zero-order valence-electron chi connectivity index (χ0n) is 14.7. The Kier molecular flexibility index (Phi) is 7.38. The van der Waals surface area contributed by atoms with Crippen molar-refractivity contribution in [1.29, 1.82) is 0 Å². The lowest BCUT2D eigenvalue weighted by Crippen LogP contribution is -2.31. The smallest absolute Gasteiger partial charge is 0.267 e. The summed E-state index contributed by atoms with van der Waals surface area (Å²) in [6, 6.07) is 3.38. The van der Waals surface area contributed by atoms with E-state index in [-0.39, 0.29) is 11.8 Å². The molecule has 0 aliphatic carbocycles. The van der Waals surface area contributed by atoms with Crippen LogP contribution in [0.1, 0.15) is 44.0 Å². The lowest BCUT2D eigenvalue weighted by atomic mass is 10.2. The fourth-order valence-corrected chi connectivity index (χ4v) is 2.11. The molecule has 0 saturated heterocycles. The first-order valence-electron chi connectivity index (χ1n) is 7.99. The molecule has 0 N–H and O–H groups in total. The molecular formula is C17H26N4O2. The van der Waals surface area contributed by atoms with Gasteiger partial charge < -0.3 is 9.80 Å². The van der Waals surface area contributed by atoms with Crippen molar-refractivity contribution in [3.63, 3.8) is 0 Å². The van der Waals surface area contributed by atoms with Crippen LogP contribution in [0.2, 0.25) is 0 Å². The lowest BCUT2D eigenvalue weighted by Gasteiger charge is -2.19. The number of aromatic nitrogens is 1. The number of amides is 2. The van der Waals surface area contributed by atoms with Crippen molar-refractivity contribution < 1.29 is 9.59 Å². The summed E-state index contributed by atoms with van der Waals surface area (Å²) in [5, 5.41) is 0. The van der Waals surface area contributed by atoms with E-state index in [1.807, 2.05) is 20.8 Å². The van der Waals surface area contributed by atoms with Crippen LogP contribution in [-0.2, 0) is 4.79 Å². The summed E-state index contributed by atoms with van der Waals surface area (Å²) >= 11 is 0. The Bertz CT molecular complexity index is 564. The van der Waals surface area contributed by atoms with E-state index in [1.165, 1.54) is 11.1 Å². The van der Waals surface area contributed by atoms with Crippen molar-refractivity contribution in [3.05, 3.63) is 23.9 Å². The zero-order valence-corrected chi connectivity index (χ0v) is 14.7. The molecule has 6 nitrogen and oxygen atoms in total. The van der Waals surface area contributed by atoms with Gasteiger partial charge in [-0.2, -0.15) is 0 Å². The second-order valence-electron chi connectivity index (χ2n) is 5.40. The van der Waals surface area contributed by atoms with Gasteiger partial charge in [-0.25, -0.2) is 9.98 Å². The molecule has 1 heterocycles. The molecule has 0 radical (unpaired) electrons. The van der Waals surface area contributed by atoms with Crippen LogP contribution in [0.4, 0.5) is 5.82 Å². The summed E-state index contributed by atoms with van der Waals surface area (Å²) in [6.07, 6.45) is 2.97. The summed E-state index contributed by atoms with van der Waals surface area (Å²) < 4.78 is 0. The average Bonchev–Trinajstić information content (AvgIpc) is 2.56. The van der Waals surface area contributed by atoms with Gasteiger partial charge in [0.1, 0.15) is 5.71 Å². The van der Waals surface area contributed by atoms with Gasteiger partial charge in [0.15, 0.2) is 5.82 Å². The molecule has 0 atom stereocenters. The lowest BCUT2D eigenvalue weighted by molar-refractivity contribution is -0.121. The summed E-state index contributed by atoms with van der Waals surface area (Å²) in [4.78, 5) is 36.1. The van der Waals surface area contributed by atoms with E-state index in [2.05, 4.69) is 9.98 Å². The Balaban J connectivity index is 2.95. The Hall–Kier alpha value is -2.24. The van der Waals surface area contributed by atoms with Gasteiger partial charge in [-0.15, -0.1) is 0 Å². The topological polar surface area (TPSA) is 65.9 Å². The molecule has 0 fully saturated rings. The van der Waals surface area contributed by atoms with E-state index >= 15 is 0 Å².